The van der Waals surface area contributed by atoms with Crippen LogP contribution in [0, 0.1) is 0 Å². The third-order valence-corrected chi connectivity index (χ3v) is 3.45. The summed E-state index contributed by atoms with van der Waals surface area (Å²) in [6.45, 7) is 2.05. The minimum atomic E-state index is -4.95. The number of carbonyl (C=O) groups is 1. The molecular weight excluding hydrogens is 271 g/mol. The summed E-state index contributed by atoms with van der Waals surface area (Å²) in [6.07, 6.45) is -4.27. The maximum Gasteiger partial charge on any atom is 0.490 e. The summed E-state index contributed by atoms with van der Waals surface area (Å²) in [6, 6.07) is 9.28. The standard InChI is InChI=1S/C14H16F3NO2/c1-13(20-12(19)14(15,16)17)7-8-18-11(9-13)10-5-3-2-4-6-10/h2-6,11,18H,7-9H2,1H3/t11-,13+/m1/s1. The van der Waals surface area contributed by atoms with Crippen LogP contribution in [0.2, 0.25) is 0 Å². The van der Waals surface area contributed by atoms with Gasteiger partial charge in [0.25, 0.3) is 0 Å². The van der Waals surface area contributed by atoms with E-state index >= 15 is 0 Å². The zero-order chi connectivity index (χ0) is 14.8. The highest BCUT2D eigenvalue weighted by Gasteiger charge is 2.46. The van der Waals surface area contributed by atoms with Crippen LogP contribution in [0.3, 0.4) is 0 Å². The van der Waals surface area contributed by atoms with E-state index in [1.165, 1.54) is 0 Å². The molecule has 1 aromatic carbocycles. The third-order valence-electron chi connectivity index (χ3n) is 3.45. The predicted octanol–water partition coefficient (Wildman–Crippen LogP) is 2.98. The van der Waals surface area contributed by atoms with Crippen LogP contribution in [0.4, 0.5) is 13.2 Å². The monoisotopic (exact) mass is 287 g/mol. The van der Waals surface area contributed by atoms with Crippen molar-refractivity contribution in [3.63, 3.8) is 0 Å². The Balaban J connectivity index is 2.08. The lowest BCUT2D eigenvalue weighted by atomic mass is 9.86. The fourth-order valence-electron chi connectivity index (χ4n) is 2.41. The first kappa shape index (κ1) is 14.8. The van der Waals surface area contributed by atoms with Gasteiger partial charge >= 0.3 is 12.1 Å². The van der Waals surface area contributed by atoms with Gasteiger partial charge in [-0.2, -0.15) is 13.2 Å². The molecule has 0 saturated carbocycles. The number of alkyl halides is 3. The zero-order valence-corrected chi connectivity index (χ0v) is 11.0. The fourth-order valence-corrected chi connectivity index (χ4v) is 2.41. The summed E-state index contributed by atoms with van der Waals surface area (Å²) < 4.78 is 41.6. The summed E-state index contributed by atoms with van der Waals surface area (Å²) in [7, 11) is 0. The summed E-state index contributed by atoms with van der Waals surface area (Å²) in [4.78, 5) is 11.0. The van der Waals surface area contributed by atoms with Crippen molar-refractivity contribution < 1.29 is 22.7 Å². The molecule has 110 valence electrons. The summed E-state index contributed by atoms with van der Waals surface area (Å²) in [5.74, 6) is -2.12. The van der Waals surface area contributed by atoms with E-state index < -0.39 is 17.7 Å². The van der Waals surface area contributed by atoms with Crippen LogP contribution in [0.1, 0.15) is 31.4 Å². The Bertz CT molecular complexity index is 475. The van der Waals surface area contributed by atoms with E-state index in [9.17, 15) is 18.0 Å². The number of piperidine rings is 1. The quantitative estimate of drug-likeness (QED) is 0.850. The normalized spacial score (nSPS) is 27.1. The lowest BCUT2D eigenvalue weighted by Crippen LogP contribution is -2.46. The Morgan fingerprint density at radius 1 is 1.35 bits per heavy atom. The largest absolute Gasteiger partial charge is 0.490 e. The maximum atomic E-state index is 12.3. The predicted molar refractivity (Wildman–Crippen MR) is 67.0 cm³/mol. The highest BCUT2D eigenvalue weighted by atomic mass is 19.4. The van der Waals surface area contributed by atoms with E-state index in [-0.39, 0.29) is 6.04 Å². The molecule has 3 nitrogen and oxygen atoms in total. The van der Waals surface area contributed by atoms with E-state index in [4.69, 9.17) is 4.74 Å². The second kappa shape index (κ2) is 5.44. The third kappa shape index (κ3) is 3.50. The molecule has 0 amide bonds. The molecule has 2 atom stereocenters. The molecule has 1 heterocycles. The van der Waals surface area contributed by atoms with Crippen molar-refractivity contribution in [1.82, 2.24) is 5.32 Å². The van der Waals surface area contributed by atoms with Crippen LogP contribution >= 0.6 is 0 Å². The summed E-state index contributed by atoms with van der Waals surface area (Å²) in [5.41, 5.74) is -0.125. The van der Waals surface area contributed by atoms with Gasteiger partial charge in [-0.05, 0) is 25.5 Å². The van der Waals surface area contributed by atoms with E-state index in [1.807, 2.05) is 30.3 Å². The number of nitrogens with one attached hydrogen (secondary N) is 1. The molecule has 0 spiro atoms. The van der Waals surface area contributed by atoms with Crippen molar-refractivity contribution in [3.05, 3.63) is 35.9 Å². The Morgan fingerprint density at radius 2 is 2.00 bits per heavy atom. The van der Waals surface area contributed by atoms with Gasteiger partial charge in [-0.25, -0.2) is 4.79 Å². The Kier molecular flexibility index (Phi) is 4.04. The van der Waals surface area contributed by atoms with Gasteiger partial charge in [-0.1, -0.05) is 30.3 Å². The van der Waals surface area contributed by atoms with Gasteiger partial charge in [0.05, 0.1) is 0 Å². The van der Waals surface area contributed by atoms with E-state index in [0.717, 1.165) is 5.56 Å². The van der Waals surface area contributed by atoms with Crippen LogP contribution in [-0.2, 0) is 9.53 Å². The second-order valence-electron chi connectivity index (χ2n) is 5.21. The van der Waals surface area contributed by atoms with E-state index in [0.29, 0.717) is 19.4 Å². The topological polar surface area (TPSA) is 38.3 Å². The molecule has 0 unspecified atom stereocenters. The average Bonchev–Trinajstić information content (AvgIpc) is 2.38. The number of benzene rings is 1. The molecule has 6 heteroatoms. The minimum Gasteiger partial charge on any atom is -0.453 e. The van der Waals surface area contributed by atoms with Gasteiger partial charge in [0.15, 0.2) is 0 Å². The van der Waals surface area contributed by atoms with Crippen LogP contribution in [0.5, 0.6) is 0 Å². The number of esters is 1. The van der Waals surface area contributed by atoms with Gasteiger partial charge in [-0.3, -0.25) is 0 Å². The first-order chi connectivity index (χ1) is 9.30. The number of carbonyl (C=O) groups excluding carboxylic acids is 1. The fraction of sp³-hybridized carbons (Fsp3) is 0.500. The lowest BCUT2D eigenvalue weighted by Gasteiger charge is -2.38. The Hall–Kier alpha value is -1.56. The first-order valence-corrected chi connectivity index (χ1v) is 6.39. The zero-order valence-electron chi connectivity index (χ0n) is 11.0. The summed E-state index contributed by atoms with van der Waals surface area (Å²) >= 11 is 0. The Morgan fingerprint density at radius 3 is 2.60 bits per heavy atom. The van der Waals surface area contributed by atoms with Crippen LogP contribution in [0.15, 0.2) is 30.3 Å². The molecule has 1 aliphatic rings. The molecule has 1 saturated heterocycles. The molecular formula is C14H16F3NO2. The molecule has 1 aliphatic heterocycles. The van der Waals surface area contributed by atoms with Crippen molar-refractivity contribution >= 4 is 5.97 Å². The molecule has 0 radical (unpaired) electrons. The Labute approximate surface area is 115 Å². The van der Waals surface area contributed by atoms with Crippen molar-refractivity contribution in [1.29, 1.82) is 0 Å². The molecule has 0 aliphatic carbocycles. The molecule has 1 N–H and O–H groups in total. The highest BCUT2D eigenvalue weighted by Crippen LogP contribution is 2.34. The van der Waals surface area contributed by atoms with Gasteiger partial charge in [0.1, 0.15) is 5.60 Å². The number of rotatable bonds is 2. The van der Waals surface area contributed by atoms with Gasteiger partial charge in [0, 0.05) is 12.5 Å². The molecule has 2 rings (SSSR count). The van der Waals surface area contributed by atoms with Crippen molar-refractivity contribution in [3.8, 4) is 0 Å². The van der Waals surface area contributed by atoms with E-state index in [1.54, 1.807) is 6.92 Å². The second-order valence-corrected chi connectivity index (χ2v) is 5.21. The SMILES string of the molecule is C[C@]1(OC(=O)C(F)(F)F)CCN[C@@H](c2ccccc2)C1. The maximum absolute atomic E-state index is 12.3. The molecule has 1 fully saturated rings. The van der Waals surface area contributed by atoms with Crippen LogP contribution in [0.25, 0.3) is 0 Å². The van der Waals surface area contributed by atoms with Crippen molar-refractivity contribution in [2.75, 3.05) is 6.54 Å². The van der Waals surface area contributed by atoms with Gasteiger partial charge < -0.3 is 10.1 Å². The van der Waals surface area contributed by atoms with Crippen molar-refractivity contribution in [2.24, 2.45) is 0 Å². The first-order valence-electron chi connectivity index (χ1n) is 6.39. The molecule has 0 bridgehead atoms. The van der Waals surface area contributed by atoms with Crippen LogP contribution < -0.4 is 5.32 Å². The van der Waals surface area contributed by atoms with Gasteiger partial charge in [0.2, 0.25) is 0 Å². The van der Waals surface area contributed by atoms with Crippen molar-refractivity contribution in [2.45, 2.75) is 37.6 Å². The summed E-state index contributed by atoms with van der Waals surface area (Å²) in [5, 5.41) is 3.23. The van der Waals surface area contributed by atoms with E-state index in [2.05, 4.69) is 5.32 Å². The minimum absolute atomic E-state index is 0.115. The number of hydrogen-bond acceptors (Lipinski definition) is 3. The smallest absolute Gasteiger partial charge is 0.453 e. The average molecular weight is 287 g/mol. The lowest BCUT2D eigenvalue weighted by molar-refractivity contribution is -0.215. The number of hydrogen-bond donors (Lipinski definition) is 1. The molecule has 1 aromatic rings. The molecule has 20 heavy (non-hydrogen) atoms. The number of ether oxygens (including phenoxy) is 1. The molecule has 0 aromatic heterocycles. The highest BCUT2D eigenvalue weighted by molar-refractivity contribution is 5.76. The van der Waals surface area contributed by atoms with Gasteiger partial charge in [-0.15, -0.1) is 0 Å². The number of halogens is 3. The van der Waals surface area contributed by atoms with Crippen LogP contribution in [-0.4, -0.2) is 24.3 Å².